The summed E-state index contributed by atoms with van der Waals surface area (Å²) in [5.74, 6) is -1.43. The summed E-state index contributed by atoms with van der Waals surface area (Å²) < 4.78 is 38.2. The van der Waals surface area contributed by atoms with E-state index in [1.807, 2.05) is 0 Å². The maximum absolute atomic E-state index is 12.7. The van der Waals surface area contributed by atoms with Crippen molar-refractivity contribution in [2.45, 2.75) is 57.7 Å². The molecule has 1 fully saturated rings. The molecule has 3 nitrogen and oxygen atoms in total. The van der Waals surface area contributed by atoms with E-state index in [4.69, 9.17) is 5.11 Å². The van der Waals surface area contributed by atoms with E-state index in [2.05, 4.69) is 0 Å². The Labute approximate surface area is 104 Å². The fraction of sp³-hybridized carbons (Fsp3) is 0.917. The predicted molar refractivity (Wildman–Crippen MR) is 59.0 cm³/mol. The Morgan fingerprint density at radius 1 is 1.39 bits per heavy atom. The van der Waals surface area contributed by atoms with Crippen LogP contribution in [0.3, 0.4) is 0 Å². The molecule has 6 heteroatoms. The number of aliphatic hydroxyl groups is 1. The Morgan fingerprint density at radius 2 is 1.94 bits per heavy atom. The molecule has 106 valence electrons. The van der Waals surface area contributed by atoms with Crippen LogP contribution in [0.5, 0.6) is 0 Å². The Kier molecular flexibility index (Phi) is 4.00. The fourth-order valence-corrected chi connectivity index (χ4v) is 2.61. The largest absolute Gasteiger partial charge is 0.481 e. The van der Waals surface area contributed by atoms with Crippen LogP contribution in [-0.2, 0) is 4.79 Å². The molecule has 1 saturated carbocycles. The van der Waals surface area contributed by atoms with Crippen molar-refractivity contribution in [1.82, 2.24) is 0 Å². The first kappa shape index (κ1) is 15.3. The van der Waals surface area contributed by atoms with Crippen molar-refractivity contribution in [1.29, 1.82) is 0 Å². The first-order valence-electron chi connectivity index (χ1n) is 6.00. The highest BCUT2D eigenvalue weighted by atomic mass is 19.4. The monoisotopic (exact) mass is 268 g/mol. The lowest BCUT2D eigenvalue weighted by Gasteiger charge is -2.39. The van der Waals surface area contributed by atoms with E-state index in [0.29, 0.717) is 6.42 Å². The van der Waals surface area contributed by atoms with E-state index in [1.165, 1.54) is 13.8 Å². The van der Waals surface area contributed by atoms with Gasteiger partial charge in [0.05, 0.1) is 5.41 Å². The molecular formula is C12H19F3O3. The quantitative estimate of drug-likeness (QED) is 0.827. The molecule has 1 aliphatic rings. The molecule has 0 radical (unpaired) electrons. The van der Waals surface area contributed by atoms with Gasteiger partial charge >= 0.3 is 12.1 Å². The van der Waals surface area contributed by atoms with Gasteiger partial charge in [-0.25, -0.2) is 0 Å². The summed E-state index contributed by atoms with van der Waals surface area (Å²) in [7, 11) is 0. The first-order valence-corrected chi connectivity index (χ1v) is 6.00. The van der Waals surface area contributed by atoms with E-state index in [1.54, 1.807) is 0 Å². The van der Waals surface area contributed by atoms with Gasteiger partial charge in [0.1, 0.15) is 0 Å². The van der Waals surface area contributed by atoms with Gasteiger partial charge in [0.2, 0.25) is 0 Å². The van der Waals surface area contributed by atoms with E-state index in [-0.39, 0.29) is 19.3 Å². The van der Waals surface area contributed by atoms with Gasteiger partial charge in [-0.1, -0.05) is 6.42 Å². The molecule has 18 heavy (non-hydrogen) atoms. The summed E-state index contributed by atoms with van der Waals surface area (Å²) in [4.78, 5) is 11.0. The topological polar surface area (TPSA) is 57.5 Å². The molecule has 1 aliphatic carbocycles. The van der Waals surface area contributed by atoms with Crippen LogP contribution < -0.4 is 0 Å². The number of halogens is 3. The van der Waals surface area contributed by atoms with E-state index >= 15 is 0 Å². The number of aliphatic carboxylic acids is 1. The molecule has 2 unspecified atom stereocenters. The highest BCUT2D eigenvalue weighted by molar-refractivity contribution is 5.73. The molecule has 0 aromatic carbocycles. The lowest BCUT2D eigenvalue weighted by Crippen LogP contribution is -2.49. The summed E-state index contributed by atoms with van der Waals surface area (Å²) in [6.45, 7) is 2.99. The van der Waals surface area contributed by atoms with Crippen LogP contribution in [0.1, 0.15) is 46.0 Å². The second-order valence-electron chi connectivity index (χ2n) is 5.88. The molecular weight excluding hydrogens is 249 g/mol. The maximum atomic E-state index is 12.7. The molecule has 2 atom stereocenters. The van der Waals surface area contributed by atoms with Crippen molar-refractivity contribution < 1.29 is 28.2 Å². The van der Waals surface area contributed by atoms with Gasteiger partial charge in [-0.05, 0) is 45.4 Å². The van der Waals surface area contributed by atoms with E-state index < -0.39 is 35.5 Å². The lowest BCUT2D eigenvalue weighted by atomic mass is 9.71. The number of hydrogen-bond donors (Lipinski definition) is 2. The minimum absolute atomic E-state index is 0.153. The molecule has 0 heterocycles. The summed E-state index contributed by atoms with van der Waals surface area (Å²) in [5, 5.41) is 18.6. The number of carboxylic acids is 1. The minimum atomic E-state index is -4.64. The Bertz CT molecular complexity index is 325. The third-order valence-corrected chi connectivity index (χ3v) is 3.73. The summed E-state index contributed by atoms with van der Waals surface area (Å²) >= 11 is 0. The zero-order valence-corrected chi connectivity index (χ0v) is 10.5. The number of alkyl halides is 3. The van der Waals surface area contributed by atoms with Crippen molar-refractivity contribution in [2.75, 3.05) is 0 Å². The number of rotatable bonds is 3. The molecule has 0 spiro atoms. The Morgan fingerprint density at radius 3 is 2.39 bits per heavy atom. The van der Waals surface area contributed by atoms with Crippen LogP contribution in [-0.4, -0.2) is 28.0 Å². The molecule has 0 saturated heterocycles. The number of hydrogen-bond acceptors (Lipinski definition) is 2. The normalized spacial score (nSPS) is 30.2. The molecule has 2 N–H and O–H groups in total. The molecule has 1 rings (SSSR count). The Balaban J connectivity index is 2.74. The zero-order chi connectivity index (χ0) is 14.2. The third kappa shape index (κ3) is 3.16. The van der Waals surface area contributed by atoms with Crippen molar-refractivity contribution in [3.8, 4) is 0 Å². The highest BCUT2D eigenvalue weighted by Gasteiger charge is 2.55. The molecule has 0 aromatic heterocycles. The second kappa shape index (κ2) is 4.72. The van der Waals surface area contributed by atoms with Crippen molar-refractivity contribution >= 4 is 5.97 Å². The van der Waals surface area contributed by atoms with Gasteiger partial charge in [0, 0.05) is 0 Å². The lowest BCUT2D eigenvalue weighted by molar-refractivity contribution is -0.274. The smallest absolute Gasteiger partial charge is 0.417 e. The molecule has 0 aliphatic heterocycles. The number of carbonyl (C=O) groups is 1. The van der Waals surface area contributed by atoms with Gasteiger partial charge in [-0.15, -0.1) is 0 Å². The first-order chi connectivity index (χ1) is 7.98. The second-order valence-corrected chi connectivity index (χ2v) is 5.88. The number of carboxylic acid groups (broad SMARTS) is 1. The van der Waals surface area contributed by atoms with Crippen molar-refractivity contribution in [3.05, 3.63) is 0 Å². The van der Waals surface area contributed by atoms with Gasteiger partial charge in [-0.2, -0.15) is 13.2 Å². The van der Waals surface area contributed by atoms with Crippen molar-refractivity contribution in [2.24, 2.45) is 11.3 Å². The summed E-state index contributed by atoms with van der Waals surface area (Å²) in [5.41, 5.74) is -3.71. The predicted octanol–water partition coefficient (Wildman–Crippen LogP) is 2.97. The third-order valence-electron chi connectivity index (χ3n) is 3.73. The Hall–Kier alpha value is -0.780. The summed E-state index contributed by atoms with van der Waals surface area (Å²) in [6, 6.07) is 0. The molecule has 0 aromatic rings. The summed E-state index contributed by atoms with van der Waals surface area (Å²) in [6.07, 6.45) is -4.36. The van der Waals surface area contributed by atoms with Gasteiger partial charge in [0.15, 0.2) is 5.60 Å². The zero-order valence-electron chi connectivity index (χ0n) is 10.5. The minimum Gasteiger partial charge on any atom is -0.481 e. The van der Waals surface area contributed by atoms with Crippen LogP contribution >= 0.6 is 0 Å². The van der Waals surface area contributed by atoms with E-state index in [9.17, 15) is 23.1 Å². The fourth-order valence-electron chi connectivity index (χ4n) is 2.61. The molecule has 0 bridgehead atoms. The van der Waals surface area contributed by atoms with Gasteiger partial charge < -0.3 is 10.2 Å². The van der Waals surface area contributed by atoms with Crippen LogP contribution in [0.4, 0.5) is 13.2 Å². The average molecular weight is 268 g/mol. The standard InChI is InChI=1S/C12H19F3O3/c1-10(2,9(16)17)6-8-4-3-5-11(18,7-8)12(13,14)15/h8,18H,3-7H2,1-2H3,(H,16,17). The van der Waals surface area contributed by atoms with Crippen LogP contribution in [0.15, 0.2) is 0 Å². The van der Waals surface area contributed by atoms with Gasteiger partial charge in [-0.3, -0.25) is 4.79 Å². The van der Waals surface area contributed by atoms with Crippen LogP contribution in [0.25, 0.3) is 0 Å². The molecule has 0 amide bonds. The highest BCUT2D eigenvalue weighted by Crippen LogP contribution is 2.46. The van der Waals surface area contributed by atoms with Crippen LogP contribution in [0, 0.1) is 11.3 Å². The SMILES string of the molecule is CC(C)(CC1CCCC(O)(C(F)(F)F)C1)C(=O)O. The average Bonchev–Trinajstić information content (AvgIpc) is 2.14. The van der Waals surface area contributed by atoms with Crippen LogP contribution in [0.2, 0.25) is 0 Å². The maximum Gasteiger partial charge on any atom is 0.417 e. The van der Waals surface area contributed by atoms with Crippen molar-refractivity contribution in [3.63, 3.8) is 0 Å². The van der Waals surface area contributed by atoms with E-state index in [0.717, 1.165) is 0 Å². The van der Waals surface area contributed by atoms with Gasteiger partial charge in [0.25, 0.3) is 0 Å².